The highest BCUT2D eigenvalue weighted by Gasteiger charge is 1.81. The minimum atomic E-state index is 0.515. The standard InChI is InChI=1S/C6H10N2.C2H6/c1-6(3-4-7)5-8-2;1-2/h5,8H,3H2,1-2H3;1-2H3/b6-5+;. The Kier molecular flexibility index (Phi) is 12.9. The SMILES string of the molecule is CC.CN/C=C(\C)CC#N. The Bertz CT molecular complexity index is 120. The first-order valence-electron chi connectivity index (χ1n) is 3.51. The summed E-state index contributed by atoms with van der Waals surface area (Å²) in [5.74, 6) is 0. The summed E-state index contributed by atoms with van der Waals surface area (Å²) >= 11 is 0. The number of nitrogens with zero attached hydrogens (tertiary/aromatic N) is 1. The van der Waals surface area contributed by atoms with Gasteiger partial charge in [0.2, 0.25) is 0 Å². The zero-order valence-corrected chi connectivity index (χ0v) is 7.23. The van der Waals surface area contributed by atoms with E-state index in [2.05, 4.69) is 5.32 Å². The van der Waals surface area contributed by atoms with Crippen LogP contribution >= 0.6 is 0 Å². The zero-order valence-electron chi connectivity index (χ0n) is 7.23. The second kappa shape index (κ2) is 10.9. The molecule has 0 aromatic heterocycles. The molecule has 0 fully saturated rings. The molecule has 0 rings (SSSR count). The fourth-order valence-electron chi connectivity index (χ4n) is 0.422. The van der Waals surface area contributed by atoms with Gasteiger partial charge in [0, 0.05) is 7.05 Å². The van der Waals surface area contributed by atoms with Crippen molar-refractivity contribution in [3.05, 3.63) is 11.8 Å². The van der Waals surface area contributed by atoms with Crippen LogP contribution in [0.4, 0.5) is 0 Å². The molecule has 0 bridgehead atoms. The molecular weight excluding hydrogens is 124 g/mol. The molecule has 0 aromatic carbocycles. The Labute approximate surface area is 63.6 Å². The molecular formula is C8H16N2. The van der Waals surface area contributed by atoms with Crippen LogP contribution in [-0.4, -0.2) is 7.05 Å². The minimum Gasteiger partial charge on any atom is -0.394 e. The number of nitriles is 1. The van der Waals surface area contributed by atoms with Gasteiger partial charge in [-0.3, -0.25) is 0 Å². The number of allylic oxidation sites excluding steroid dienone is 1. The highest BCUT2D eigenvalue weighted by Crippen LogP contribution is 1.93. The lowest BCUT2D eigenvalue weighted by molar-refractivity contribution is 1.05. The molecule has 0 saturated heterocycles. The van der Waals surface area contributed by atoms with Crippen molar-refractivity contribution >= 4 is 0 Å². The fraction of sp³-hybridized carbons (Fsp3) is 0.625. The van der Waals surface area contributed by atoms with E-state index in [9.17, 15) is 0 Å². The number of hydrogen-bond donors (Lipinski definition) is 1. The second-order valence-electron chi connectivity index (χ2n) is 1.61. The van der Waals surface area contributed by atoms with Crippen LogP contribution < -0.4 is 5.32 Å². The van der Waals surface area contributed by atoms with Crippen LogP contribution in [-0.2, 0) is 0 Å². The van der Waals surface area contributed by atoms with E-state index in [1.54, 1.807) is 0 Å². The predicted molar refractivity (Wildman–Crippen MR) is 44.4 cm³/mol. The van der Waals surface area contributed by atoms with E-state index in [4.69, 9.17) is 5.26 Å². The van der Waals surface area contributed by atoms with E-state index < -0.39 is 0 Å². The maximum atomic E-state index is 8.14. The lowest BCUT2D eigenvalue weighted by Gasteiger charge is -1.89. The number of hydrogen-bond acceptors (Lipinski definition) is 2. The Hall–Kier alpha value is -0.970. The van der Waals surface area contributed by atoms with Gasteiger partial charge in [0.05, 0.1) is 12.5 Å². The first-order chi connectivity index (χ1) is 4.81. The summed E-state index contributed by atoms with van der Waals surface area (Å²) in [6.07, 6.45) is 2.34. The molecule has 0 aliphatic heterocycles. The van der Waals surface area contributed by atoms with Gasteiger partial charge in [0.15, 0.2) is 0 Å². The monoisotopic (exact) mass is 140 g/mol. The Morgan fingerprint density at radius 3 is 2.40 bits per heavy atom. The molecule has 0 heterocycles. The quantitative estimate of drug-likeness (QED) is 0.637. The van der Waals surface area contributed by atoms with Gasteiger partial charge in [-0.15, -0.1) is 0 Å². The molecule has 1 N–H and O–H groups in total. The molecule has 0 atom stereocenters. The summed E-state index contributed by atoms with van der Waals surface area (Å²) < 4.78 is 0. The van der Waals surface area contributed by atoms with Gasteiger partial charge in [-0.25, -0.2) is 0 Å². The number of nitrogens with one attached hydrogen (secondary N) is 1. The van der Waals surface area contributed by atoms with Gasteiger partial charge in [-0.1, -0.05) is 13.8 Å². The van der Waals surface area contributed by atoms with Crippen molar-refractivity contribution in [2.24, 2.45) is 0 Å². The summed E-state index contributed by atoms with van der Waals surface area (Å²) in [6, 6.07) is 2.04. The van der Waals surface area contributed by atoms with Gasteiger partial charge < -0.3 is 5.32 Å². The molecule has 2 heteroatoms. The largest absolute Gasteiger partial charge is 0.394 e. The van der Waals surface area contributed by atoms with E-state index in [1.807, 2.05) is 40.1 Å². The van der Waals surface area contributed by atoms with Crippen molar-refractivity contribution in [2.45, 2.75) is 27.2 Å². The van der Waals surface area contributed by atoms with Crippen LogP contribution in [0.3, 0.4) is 0 Å². The van der Waals surface area contributed by atoms with Crippen molar-refractivity contribution in [3.63, 3.8) is 0 Å². The van der Waals surface area contributed by atoms with Crippen LogP contribution in [0.2, 0.25) is 0 Å². The maximum Gasteiger partial charge on any atom is 0.0666 e. The van der Waals surface area contributed by atoms with Crippen molar-refractivity contribution < 1.29 is 0 Å². The van der Waals surface area contributed by atoms with E-state index in [0.717, 1.165) is 5.57 Å². The Morgan fingerprint density at radius 1 is 1.60 bits per heavy atom. The first kappa shape index (κ1) is 11.8. The molecule has 0 spiro atoms. The van der Waals surface area contributed by atoms with Crippen molar-refractivity contribution in [3.8, 4) is 6.07 Å². The summed E-state index contributed by atoms with van der Waals surface area (Å²) in [6.45, 7) is 5.92. The molecule has 58 valence electrons. The zero-order chi connectivity index (χ0) is 8.41. The molecule has 2 nitrogen and oxygen atoms in total. The van der Waals surface area contributed by atoms with Crippen LogP contribution in [0.15, 0.2) is 11.8 Å². The van der Waals surface area contributed by atoms with E-state index in [-0.39, 0.29) is 0 Å². The Morgan fingerprint density at radius 2 is 2.10 bits per heavy atom. The average Bonchev–Trinajstić information content (AvgIpc) is 1.93. The predicted octanol–water partition coefficient (Wildman–Crippen LogP) is 2.05. The van der Waals surface area contributed by atoms with Gasteiger partial charge >= 0.3 is 0 Å². The molecule has 0 aliphatic carbocycles. The average molecular weight is 140 g/mol. The summed E-state index contributed by atoms with van der Waals surface area (Å²) in [7, 11) is 1.82. The maximum absolute atomic E-state index is 8.14. The third-order valence-corrected chi connectivity index (χ3v) is 0.749. The third kappa shape index (κ3) is 10.1. The molecule has 0 aliphatic rings. The van der Waals surface area contributed by atoms with Gasteiger partial charge in [-0.2, -0.15) is 5.26 Å². The van der Waals surface area contributed by atoms with E-state index in [0.29, 0.717) is 6.42 Å². The smallest absolute Gasteiger partial charge is 0.0666 e. The van der Waals surface area contributed by atoms with Crippen molar-refractivity contribution in [2.75, 3.05) is 7.05 Å². The molecule has 0 aromatic rings. The molecule has 0 radical (unpaired) electrons. The molecule has 10 heavy (non-hydrogen) atoms. The number of rotatable bonds is 2. The summed E-state index contributed by atoms with van der Waals surface area (Å²) in [5, 5.41) is 11.0. The first-order valence-corrected chi connectivity index (χ1v) is 3.51. The highest BCUT2D eigenvalue weighted by molar-refractivity contribution is 5.02. The highest BCUT2D eigenvalue weighted by atomic mass is 14.8. The summed E-state index contributed by atoms with van der Waals surface area (Å²) in [4.78, 5) is 0. The van der Waals surface area contributed by atoms with Crippen molar-refractivity contribution in [1.29, 1.82) is 5.26 Å². The van der Waals surface area contributed by atoms with Crippen LogP contribution in [0.5, 0.6) is 0 Å². The van der Waals surface area contributed by atoms with E-state index >= 15 is 0 Å². The normalized spacial score (nSPS) is 8.90. The molecule has 0 saturated carbocycles. The second-order valence-corrected chi connectivity index (χ2v) is 1.61. The van der Waals surface area contributed by atoms with Crippen LogP contribution in [0, 0.1) is 11.3 Å². The van der Waals surface area contributed by atoms with Gasteiger partial charge in [-0.05, 0) is 18.7 Å². The van der Waals surface area contributed by atoms with Crippen LogP contribution in [0.25, 0.3) is 0 Å². The molecule has 0 unspecified atom stereocenters. The van der Waals surface area contributed by atoms with Gasteiger partial charge in [0.25, 0.3) is 0 Å². The third-order valence-electron chi connectivity index (χ3n) is 0.749. The van der Waals surface area contributed by atoms with E-state index in [1.165, 1.54) is 0 Å². The van der Waals surface area contributed by atoms with Gasteiger partial charge in [0.1, 0.15) is 0 Å². The lowest BCUT2D eigenvalue weighted by Crippen LogP contribution is -1.93. The lowest BCUT2D eigenvalue weighted by atomic mass is 10.2. The Balaban J connectivity index is 0. The fourth-order valence-corrected chi connectivity index (χ4v) is 0.422. The van der Waals surface area contributed by atoms with Crippen LogP contribution in [0.1, 0.15) is 27.2 Å². The van der Waals surface area contributed by atoms with Crippen molar-refractivity contribution in [1.82, 2.24) is 5.32 Å². The molecule has 0 amide bonds. The topological polar surface area (TPSA) is 35.8 Å². The minimum absolute atomic E-state index is 0.515. The summed E-state index contributed by atoms with van der Waals surface area (Å²) in [5.41, 5.74) is 1.06.